The van der Waals surface area contributed by atoms with Crippen molar-refractivity contribution in [2.45, 2.75) is 38.1 Å². The lowest BCUT2D eigenvalue weighted by atomic mass is 10.1. The third kappa shape index (κ3) is 6.01. The third-order valence-electron chi connectivity index (χ3n) is 5.87. The van der Waals surface area contributed by atoms with Crippen molar-refractivity contribution in [2.75, 3.05) is 39.3 Å². The number of nitrogens with zero attached hydrogens (tertiary/aromatic N) is 3. The van der Waals surface area contributed by atoms with E-state index in [0.29, 0.717) is 12.3 Å². The van der Waals surface area contributed by atoms with Gasteiger partial charge in [0.05, 0.1) is 0 Å². The molecule has 2 saturated heterocycles. The molecule has 3 atom stereocenters. The van der Waals surface area contributed by atoms with Crippen LogP contribution in [0.5, 0.6) is 5.75 Å². The van der Waals surface area contributed by atoms with E-state index in [9.17, 15) is 9.59 Å². The number of ether oxygens (including phenoxy) is 2. The third-order valence-corrected chi connectivity index (χ3v) is 5.87. The Morgan fingerprint density at radius 1 is 1.25 bits per heavy atom. The number of aliphatic carboxylic acids is 1. The summed E-state index contributed by atoms with van der Waals surface area (Å²) in [4.78, 5) is 29.0. The molecule has 1 aromatic rings. The van der Waals surface area contributed by atoms with Crippen LogP contribution in [0.2, 0.25) is 0 Å². The molecule has 0 spiro atoms. The number of carbonyl (C=O) groups is 2. The summed E-state index contributed by atoms with van der Waals surface area (Å²) >= 11 is 0. The van der Waals surface area contributed by atoms with Gasteiger partial charge in [-0.3, -0.25) is 20.0 Å². The van der Waals surface area contributed by atoms with E-state index in [1.165, 1.54) is 0 Å². The molecule has 176 valence electrons. The van der Waals surface area contributed by atoms with Gasteiger partial charge in [0, 0.05) is 32.7 Å². The Morgan fingerprint density at radius 3 is 2.50 bits per heavy atom. The highest BCUT2D eigenvalue weighted by molar-refractivity contribution is 5.74. The van der Waals surface area contributed by atoms with Crippen molar-refractivity contribution in [1.82, 2.24) is 14.7 Å². The lowest BCUT2D eigenvalue weighted by Crippen LogP contribution is -2.51. The van der Waals surface area contributed by atoms with E-state index in [1.807, 2.05) is 11.8 Å². The second kappa shape index (κ2) is 10.5. The zero-order chi connectivity index (χ0) is 23.3. The largest absolute Gasteiger partial charge is 0.480 e. The quantitative estimate of drug-likeness (QED) is 0.303. The van der Waals surface area contributed by atoms with E-state index in [-0.39, 0.29) is 18.4 Å². The molecule has 0 aromatic heterocycles. The molecule has 0 radical (unpaired) electrons. The van der Waals surface area contributed by atoms with E-state index in [1.54, 1.807) is 29.2 Å². The van der Waals surface area contributed by atoms with Crippen LogP contribution in [0.15, 0.2) is 24.3 Å². The van der Waals surface area contributed by atoms with Crippen LogP contribution >= 0.6 is 0 Å². The number of nitrogens with one attached hydrogen (secondary N) is 1. The van der Waals surface area contributed by atoms with Crippen LogP contribution in [0.1, 0.15) is 18.9 Å². The first-order valence-electron chi connectivity index (χ1n) is 10.8. The minimum Gasteiger partial charge on any atom is -0.480 e. The molecule has 2 aliphatic heterocycles. The van der Waals surface area contributed by atoms with Crippen molar-refractivity contribution < 1.29 is 24.2 Å². The highest BCUT2D eigenvalue weighted by atomic mass is 16.7. The Bertz CT molecular complexity index is 811. The topological polar surface area (TPSA) is 158 Å². The van der Waals surface area contributed by atoms with Gasteiger partial charge < -0.3 is 30.9 Å². The Kier molecular flexibility index (Phi) is 7.75. The predicted molar refractivity (Wildman–Crippen MR) is 117 cm³/mol. The minimum atomic E-state index is -1.05. The monoisotopic (exact) mass is 448 g/mol. The van der Waals surface area contributed by atoms with Crippen molar-refractivity contribution >= 4 is 18.0 Å². The predicted octanol–water partition coefficient (Wildman–Crippen LogP) is 0.0878. The van der Waals surface area contributed by atoms with Crippen LogP contribution in [-0.4, -0.2) is 95.5 Å². The first-order chi connectivity index (χ1) is 15.2. The number of hydrogen-bond donors (Lipinski definition) is 4. The lowest BCUT2D eigenvalue weighted by Gasteiger charge is -2.35. The standard InChI is InChI=1S/C21H32N6O5/c1-14-19(31-16-5-3-15(4-6-16)13-17(22)18(28)29)32-21(30)27(14)8-2-7-25-9-11-26(12-10-25)20(23)24/h3-6,14,17,19H,2,7-13,22H2,1H3,(H3,23,24)(H,28,29). The molecule has 2 fully saturated rings. The molecule has 0 aliphatic carbocycles. The van der Waals surface area contributed by atoms with Gasteiger partial charge in [-0.25, -0.2) is 4.79 Å². The number of nitrogens with two attached hydrogens (primary N) is 2. The normalized spacial score (nSPS) is 22.5. The molecule has 2 heterocycles. The zero-order valence-corrected chi connectivity index (χ0v) is 18.3. The highest BCUT2D eigenvalue weighted by Crippen LogP contribution is 2.24. The fourth-order valence-corrected chi connectivity index (χ4v) is 3.85. The van der Waals surface area contributed by atoms with Gasteiger partial charge in [-0.15, -0.1) is 0 Å². The summed E-state index contributed by atoms with van der Waals surface area (Å²) in [5.74, 6) is -0.397. The van der Waals surface area contributed by atoms with Crippen molar-refractivity contribution in [3.63, 3.8) is 0 Å². The number of amides is 1. The van der Waals surface area contributed by atoms with E-state index >= 15 is 0 Å². The SMILES string of the molecule is CC1C(Oc2ccc(CC(N)C(=O)O)cc2)OC(=O)N1CCCN1CCN(C(=N)N)CC1. The Hall–Kier alpha value is -3.05. The van der Waals surface area contributed by atoms with Gasteiger partial charge in [0.2, 0.25) is 0 Å². The smallest absolute Gasteiger partial charge is 0.413 e. The van der Waals surface area contributed by atoms with Gasteiger partial charge in [0.15, 0.2) is 5.96 Å². The molecule has 11 nitrogen and oxygen atoms in total. The van der Waals surface area contributed by atoms with Crippen molar-refractivity contribution in [2.24, 2.45) is 11.5 Å². The molecule has 2 aliphatic rings. The van der Waals surface area contributed by atoms with E-state index in [4.69, 9.17) is 31.5 Å². The maximum absolute atomic E-state index is 12.3. The number of guanidine groups is 1. The van der Waals surface area contributed by atoms with Crippen LogP contribution in [0.25, 0.3) is 0 Å². The first kappa shape index (κ1) is 23.6. The van der Waals surface area contributed by atoms with Gasteiger partial charge in [0.25, 0.3) is 6.29 Å². The molecule has 1 aromatic carbocycles. The average molecular weight is 449 g/mol. The average Bonchev–Trinajstić information content (AvgIpc) is 3.02. The highest BCUT2D eigenvalue weighted by Gasteiger charge is 2.40. The van der Waals surface area contributed by atoms with E-state index < -0.39 is 24.4 Å². The number of piperazine rings is 1. The van der Waals surface area contributed by atoms with Crippen LogP contribution < -0.4 is 16.2 Å². The van der Waals surface area contributed by atoms with Crippen molar-refractivity contribution in [3.05, 3.63) is 29.8 Å². The van der Waals surface area contributed by atoms with Gasteiger partial charge in [-0.1, -0.05) is 12.1 Å². The minimum absolute atomic E-state index is 0.114. The van der Waals surface area contributed by atoms with Crippen LogP contribution in [0.4, 0.5) is 4.79 Å². The second-order valence-corrected chi connectivity index (χ2v) is 8.16. The van der Waals surface area contributed by atoms with Crippen LogP contribution in [0.3, 0.4) is 0 Å². The fourth-order valence-electron chi connectivity index (χ4n) is 3.85. The number of rotatable bonds is 9. The van der Waals surface area contributed by atoms with Gasteiger partial charge >= 0.3 is 12.1 Å². The van der Waals surface area contributed by atoms with Gasteiger partial charge in [-0.05, 0) is 44.0 Å². The maximum Gasteiger partial charge on any atom is 0.413 e. The molecule has 3 unspecified atom stereocenters. The number of carboxylic acids is 1. The lowest BCUT2D eigenvalue weighted by molar-refractivity contribution is -0.138. The molecule has 1 amide bonds. The number of benzene rings is 1. The van der Waals surface area contributed by atoms with Crippen LogP contribution in [0, 0.1) is 5.41 Å². The summed E-state index contributed by atoms with van der Waals surface area (Å²) in [5, 5.41) is 16.4. The summed E-state index contributed by atoms with van der Waals surface area (Å²) in [6.45, 7) is 6.49. The first-order valence-corrected chi connectivity index (χ1v) is 10.8. The number of cyclic esters (lactones) is 1. The maximum atomic E-state index is 12.3. The Balaban J connectivity index is 1.44. The van der Waals surface area contributed by atoms with E-state index in [0.717, 1.165) is 44.7 Å². The summed E-state index contributed by atoms with van der Waals surface area (Å²) in [6, 6.07) is 5.75. The molecular weight excluding hydrogens is 416 g/mol. The van der Waals surface area contributed by atoms with Crippen LogP contribution in [-0.2, 0) is 16.0 Å². The number of carboxylic acid groups (broad SMARTS) is 1. The Morgan fingerprint density at radius 2 is 1.91 bits per heavy atom. The summed E-state index contributed by atoms with van der Waals surface area (Å²) < 4.78 is 11.3. The van der Waals surface area contributed by atoms with Gasteiger partial charge in [0.1, 0.15) is 17.8 Å². The second-order valence-electron chi connectivity index (χ2n) is 8.16. The molecule has 0 saturated carbocycles. The summed E-state index contributed by atoms with van der Waals surface area (Å²) in [6.07, 6.45) is -0.0751. The molecule has 11 heteroatoms. The van der Waals surface area contributed by atoms with E-state index in [2.05, 4.69) is 4.90 Å². The molecular formula is C21H32N6O5. The number of hydrogen-bond acceptors (Lipinski definition) is 7. The van der Waals surface area contributed by atoms with Crippen molar-refractivity contribution in [3.8, 4) is 5.75 Å². The zero-order valence-electron chi connectivity index (χ0n) is 18.3. The van der Waals surface area contributed by atoms with Gasteiger partial charge in [-0.2, -0.15) is 0 Å². The molecule has 6 N–H and O–H groups in total. The summed E-state index contributed by atoms with van der Waals surface area (Å²) in [5.41, 5.74) is 11.9. The molecule has 0 bridgehead atoms. The Labute approximate surface area is 187 Å². The summed E-state index contributed by atoms with van der Waals surface area (Å²) in [7, 11) is 0. The van der Waals surface area contributed by atoms with Crippen molar-refractivity contribution in [1.29, 1.82) is 5.41 Å². The fraction of sp³-hybridized carbons (Fsp3) is 0.571. The molecule has 3 rings (SSSR count). The molecule has 32 heavy (non-hydrogen) atoms. The number of carbonyl (C=O) groups excluding carboxylic acids is 1.